The van der Waals surface area contributed by atoms with E-state index in [1.165, 1.54) is 0 Å². The maximum atomic E-state index is 13.2. The Morgan fingerprint density at radius 1 is 0.692 bits per heavy atom. The summed E-state index contributed by atoms with van der Waals surface area (Å²) in [5.41, 5.74) is -2.12. The Morgan fingerprint density at radius 2 is 1.12 bits per heavy atom. The quantitative estimate of drug-likeness (QED) is 0.484. The minimum Gasteiger partial charge on any atom is -0.166 e. The summed E-state index contributed by atoms with van der Waals surface area (Å²) in [5.74, 6) is 0. The average molecular weight is 374 g/mol. The topological polar surface area (TPSA) is 0 Å². The number of benzene rings is 2. The SMILES string of the molecule is Cc1c(C(F)(F)F)cc(-c2ccc(CC(C)(C)C)cc2)cc1C(F)(F)F. The van der Waals surface area contributed by atoms with E-state index in [1.807, 2.05) is 20.8 Å². The summed E-state index contributed by atoms with van der Waals surface area (Å²) in [6.07, 6.45) is -8.96. The molecule has 0 fully saturated rings. The van der Waals surface area contributed by atoms with E-state index in [9.17, 15) is 26.3 Å². The number of hydrogen-bond donors (Lipinski definition) is 0. The van der Waals surface area contributed by atoms with Crippen LogP contribution in [0.3, 0.4) is 0 Å². The molecule has 0 aromatic heterocycles. The van der Waals surface area contributed by atoms with Crippen LogP contribution in [0, 0.1) is 12.3 Å². The van der Waals surface area contributed by atoms with Gasteiger partial charge in [-0.3, -0.25) is 0 Å². The Hall–Kier alpha value is -1.98. The molecule has 0 radical (unpaired) electrons. The van der Waals surface area contributed by atoms with E-state index < -0.39 is 29.0 Å². The molecule has 26 heavy (non-hydrogen) atoms. The van der Waals surface area contributed by atoms with Crippen molar-refractivity contribution < 1.29 is 26.3 Å². The van der Waals surface area contributed by atoms with Gasteiger partial charge in [-0.15, -0.1) is 0 Å². The maximum Gasteiger partial charge on any atom is 0.416 e. The monoisotopic (exact) mass is 374 g/mol. The minimum atomic E-state index is -4.85. The standard InChI is InChI=1S/C20H20F6/c1-12-16(19(21,22)23)9-15(10-17(12)20(24,25)26)14-7-5-13(6-8-14)11-18(2,3)4/h5-10H,11H2,1-4H3. The molecule has 142 valence electrons. The number of halogens is 6. The van der Waals surface area contributed by atoms with Crippen LogP contribution in [0.2, 0.25) is 0 Å². The fraction of sp³-hybridized carbons (Fsp3) is 0.400. The zero-order valence-electron chi connectivity index (χ0n) is 14.9. The Morgan fingerprint density at radius 3 is 1.46 bits per heavy atom. The molecule has 0 aliphatic rings. The summed E-state index contributed by atoms with van der Waals surface area (Å²) in [7, 11) is 0. The zero-order valence-corrected chi connectivity index (χ0v) is 14.9. The van der Waals surface area contributed by atoms with E-state index in [1.54, 1.807) is 24.3 Å². The lowest BCUT2D eigenvalue weighted by Gasteiger charge is -2.19. The summed E-state index contributed by atoms with van der Waals surface area (Å²) < 4.78 is 79.2. The summed E-state index contributed by atoms with van der Waals surface area (Å²) in [4.78, 5) is 0. The van der Waals surface area contributed by atoms with Gasteiger partial charge in [-0.25, -0.2) is 0 Å². The van der Waals surface area contributed by atoms with Crippen molar-refractivity contribution in [3.8, 4) is 11.1 Å². The van der Waals surface area contributed by atoms with Crippen molar-refractivity contribution >= 4 is 0 Å². The lowest BCUT2D eigenvalue weighted by Crippen LogP contribution is -2.15. The van der Waals surface area contributed by atoms with E-state index in [4.69, 9.17) is 0 Å². The third-order valence-electron chi connectivity index (χ3n) is 4.04. The Kier molecular flexibility index (Phi) is 5.19. The number of hydrogen-bond acceptors (Lipinski definition) is 0. The average Bonchev–Trinajstić information content (AvgIpc) is 2.44. The second kappa shape index (κ2) is 6.63. The van der Waals surface area contributed by atoms with Gasteiger partial charge >= 0.3 is 12.4 Å². The maximum absolute atomic E-state index is 13.2. The second-order valence-electron chi connectivity index (χ2n) is 7.63. The van der Waals surface area contributed by atoms with Gasteiger partial charge in [-0.05, 0) is 53.1 Å². The molecule has 0 aliphatic carbocycles. The first-order chi connectivity index (χ1) is 11.7. The molecule has 0 nitrogen and oxygen atoms in total. The highest BCUT2D eigenvalue weighted by Gasteiger charge is 2.39. The molecule has 2 aromatic rings. The molecule has 6 heteroatoms. The lowest BCUT2D eigenvalue weighted by atomic mass is 9.87. The molecule has 0 atom stereocenters. The van der Waals surface area contributed by atoms with Crippen LogP contribution in [0.1, 0.15) is 43.0 Å². The Labute approximate surface area is 148 Å². The molecule has 0 N–H and O–H groups in total. The molecule has 0 aliphatic heterocycles. The summed E-state index contributed by atoms with van der Waals surface area (Å²) >= 11 is 0. The normalized spacial score (nSPS) is 13.2. The molecule has 0 unspecified atom stereocenters. The highest BCUT2D eigenvalue weighted by Crippen LogP contribution is 2.41. The first-order valence-corrected chi connectivity index (χ1v) is 8.07. The first-order valence-electron chi connectivity index (χ1n) is 8.07. The molecule has 0 heterocycles. The van der Waals surface area contributed by atoms with Crippen molar-refractivity contribution in [3.05, 3.63) is 58.7 Å². The van der Waals surface area contributed by atoms with Crippen molar-refractivity contribution in [3.63, 3.8) is 0 Å². The molecular formula is C20H20F6. The number of rotatable bonds is 2. The van der Waals surface area contributed by atoms with E-state index in [0.29, 0.717) is 5.56 Å². The zero-order chi connectivity index (χ0) is 19.9. The van der Waals surface area contributed by atoms with E-state index in [-0.39, 0.29) is 11.0 Å². The van der Waals surface area contributed by atoms with Gasteiger partial charge in [0.2, 0.25) is 0 Å². The van der Waals surface area contributed by atoms with E-state index in [0.717, 1.165) is 31.0 Å². The van der Waals surface area contributed by atoms with Crippen molar-refractivity contribution in [1.29, 1.82) is 0 Å². The van der Waals surface area contributed by atoms with Crippen molar-refractivity contribution in [2.24, 2.45) is 5.41 Å². The molecule has 2 rings (SSSR count). The lowest BCUT2D eigenvalue weighted by molar-refractivity contribution is -0.143. The minimum absolute atomic E-state index is 0.0261. The Balaban J connectivity index is 2.56. The highest BCUT2D eigenvalue weighted by atomic mass is 19.4. The summed E-state index contributed by atoms with van der Waals surface area (Å²) in [6, 6.07) is 8.16. The largest absolute Gasteiger partial charge is 0.416 e. The van der Waals surface area contributed by atoms with Crippen LogP contribution >= 0.6 is 0 Å². The van der Waals surface area contributed by atoms with Crippen LogP contribution in [0.25, 0.3) is 11.1 Å². The van der Waals surface area contributed by atoms with Crippen molar-refractivity contribution in [2.75, 3.05) is 0 Å². The highest BCUT2D eigenvalue weighted by molar-refractivity contribution is 5.67. The third kappa shape index (κ3) is 4.80. The molecule has 0 saturated heterocycles. The van der Waals surface area contributed by atoms with Gasteiger partial charge in [-0.2, -0.15) is 26.3 Å². The fourth-order valence-electron chi connectivity index (χ4n) is 2.90. The van der Waals surface area contributed by atoms with Crippen LogP contribution in [0.5, 0.6) is 0 Å². The third-order valence-corrected chi connectivity index (χ3v) is 4.04. The predicted molar refractivity (Wildman–Crippen MR) is 89.8 cm³/mol. The van der Waals surface area contributed by atoms with Gasteiger partial charge in [0, 0.05) is 0 Å². The van der Waals surface area contributed by atoms with Gasteiger partial charge in [0.05, 0.1) is 11.1 Å². The first kappa shape index (κ1) is 20.3. The number of alkyl halides is 6. The molecule has 2 aromatic carbocycles. The van der Waals surface area contributed by atoms with Crippen LogP contribution in [-0.2, 0) is 18.8 Å². The van der Waals surface area contributed by atoms with E-state index >= 15 is 0 Å². The van der Waals surface area contributed by atoms with Crippen molar-refractivity contribution in [2.45, 2.75) is 46.5 Å². The van der Waals surface area contributed by atoms with Crippen LogP contribution < -0.4 is 0 Å². The second-order valence-corrected chi connectivity index (χ2v) is 7.63. The van der Waals surface area contributed by atoms with Gasteiger partial charge in [0.1, 0.15) is 0 Å². The van der Waals surface area contributed by atoms with Gasteiger partial charge < -0.3 is 0 Å². The molecule has 0 amide bonds. The predicted octanol–water partition coefficient (Wildman–Crippen LogP) is 7.29. The summed E-state index contributed by atoms with van der Waals surface area (Å²) in [6.45, 7) is 6.99. The molecule has 0 spiro atoms. The van der Waals surface area contributed by atoms with E-state index in [2.05, 4.69) is 0 Å². The van der Waals surface area contributed by atoms with Crippen LogP contribution in [0.15, 0.2) is 36.4 Å². The molecule has 0 bridgehead atoms. The molecule has 0 saturated carbocycles. The van der Waals surface area contributed by atoms with Gasteiger partial charge in [0.25, 0.3) is 0 Å². The van der Waals surface area contributed by atoms with Crippen LogP contribution in [-0.4, -0.2) is 0 Å². The van der Waals surface area contributed by atoms with Gasteiger partial charge in [0.15, 0.2) is 0 Å². The smallest absolute Gasteiger partial charge is 0.166 e. The van der Waals surface area contributed by atoms with Crippen molar-refractivity contribution in [1.82, 2.24) is 0 Å². The fourth-order valence-corrected chi connectivity index (χ4v) is 2.90. The summed E-state index contributed by atoms with van der Waals surface area (Å²) in [5, 5.41) is 0. The Bertz CT molecular complexity index is 739. The molecular weight excluding hydrogens is 354 g/mol. The van der Waals surface area contributed by atoms with Gasteiger partial charge in [-0.1, -0.05) is 45.0 Å². The van der Waals surface area contributed by atoms with Crippen LogP contribution in [0.4, 0.5) is 26.3 Å².